The minimum atomic E-state index is -1.03. The Kier molecular flexibility index (Phi) is 12.7. The largest absolute Gasteiger partial charge is 0.486 e. The second-order valence-electron chi connectivity index (χ2n) is 10.1. The van der Waals surface area contributed by atoms with Crippen LogP contribution in [0.15, 0.2) is 60.7 Å². The lowest BCUT2D eigenvalue weighted by Crippen LogP contribution is -2.32. The van der Waals surface area contributed by atoms with Crippen molar-refractivity contribution in [2.75, 3.05) is 31.3 Å². The van der Waals surface area contributed by atoms with Crippen molar-refractivity contribution < 1.29 is 37.4 Å². The summed E-state index contributed by atoms with van der Waals surface area (Å²) >= 11 is 25.2. The molecule has 0 radical (unpaired) electrons. The Morgan fingerprint density at radius 2 is 1.08 bits per heavy atom. The zero-order chi connectivity index (χ0) is 35.0. The third-order valence-electron chi connectivity index (χ3n) is 6.55. The van der Waals surface area contributed by atoms with Crippen LogP contribution in [-0.4, -0.2) is 38.5 Å². The smallest absolute Gasteiger partial charge is 0.333 e. The molecule has 1 amide bonds. The van der Waals surface area contributed by atoms with Gasteiger partial charge in [0, 0.05) is 31.0 Å². The second-order valence-corrected chi connectivity index (χ2v) is 11.8. The predicted octanol–water partition coefficient (Wildman–Crippen LogP) is 7.86. The second kappa shape index (κ2) is 16.7. The molecule has 15 heteroatoms. The Balaban J connectivity index is 1.28. The van der Waals surface area contributed by atoms with Crippen molar-refractivity contribution in [2.24, 2.45) is 0 Å². The summed E-state index contributed by atoms with van der Waals surface area (Å²) in [6, 6.07) is 14.0. The Hall–Kier alpha value is -4.29. The lowest BCUT2D eigenvalue weighted by Gasteiger charge is -2.13. The molecular weight excluding hydrogens is 714 g/mol. The molecule has 9 nitrogen and oxygen atoms in total. The summed E-state index contributed by atoms with van der Waals surface area (Å²) < 4.78 is 43.8. The first-order valence-corrected chi connectivity index (χ1v) is 15.5. The van der Waals surface area contributed by atoms with Crippen molar-refractivity contribution in [1.82, 2.24) is 5.32 Å². The van der Waals surface area contributed by atoms with Gasteiger partial charge in [0.15, 0.2) is 11.5 Å². The summed E-state index contributed by atoms with van der Waals surface area (Å²) in [5.41, 5.74) is 2.49. The molecule has 0 atom stereocenters. The first kappa shape index (κ1) is 36.5. The van der Waals surface area contributed by atoms with E-state index >= 15 is 0 Å². The van der Waals surface area contributed by atoms with Gasteiger partial charge in [0.1, 0.15) is 31.4 Å². The fourth-order valence-electron chi connectivity index (χ4n) is 4.37. The molecule has 0 fully saturated rings. The van der Waals surface area contributed by atoms with Gasteiger partial charge in [-0.2, -0.15) is 0 Å². The van der Waals surface area contributed by atoms with Crippen LogP contribution in [0.4, 0.5) is 20.2 Å². The molecule has 0 saturated heterocycles. The van der Waals surface area contributed by atoms with E-state index in [1.165, 1.54) is 48.5 Å². The number of halogens is 6. The lowest BCUT2D eigenvalue weighted by molar-refractivity contribution is -0.158. The molecule has 0 aliphatic heterocycles. The number of hydrogen-bond donors (Lipinski definition) is 3. The molecular formula is C33H27Cl4F2N3O6. The van der Waals surface area contributed by atoms with E-state index in [1.54, 1.807) is 26.2 Å². The van der Waals surface area contributed by atoms with Gasteiger partial charge < -0.3 is 30.2 Å². The quantitative estimate of drug-likeness (QED) is 0.0938. The number of anilines is 2. The van der Waals surface area contributed by atoms with Crippen LogP contribution in [-0.2, 0) is 34.0 Å². The molecule has 4 aromatic rings. The van der Waals surface area contributed by atoms with Crippen LogP contribution >= 0.6 is 46.4 Å². The van der Waals surface area contributed by atoms with E-state index in [4.69, 9.17) is 60.6 Å². The first-order valence-electron chi connectivity index (χ1n) is 14.0. The minimum Gasteiger partial charge on any atom is -0.486 e. The van der Waals surface area contributed by atoms with E-state index in [1.807, 2.05) is 0 Å². The highest BCUT2D eigenvalue weighted by Crippen LogP contribution is 2.36. The zero-order valence-corrected chi connectivity index (χ0v) is 28.3. The van der Waals surface area contributed by atoms with Gasteiger partial charge in [0.05, 0.1) is 26.5 Å². The molecule has 0 saturated carbocycles. The number of ether oxygens (including phenoxy) is 3. The number of amides is 1. The number of rotatable bonds is 13. The Labute approximate surface area is 294 Å². The van der Waals surface area contributed by atoms with E-state index in [-0.39, 0.29) is 56.8 Å². The Morgan fingerprint density at radius 1 is 0.625 bits per heavy atom. The van der Waals surface area contributed by atoms with Crippen molar-refractivity contribution in [2.45, 2.75) is 19.6 Å². The summed E-state index contributed by atoms with van der Waals surface area (Å²) in [4.78, 5) is 37.3. The van der Waals surface area contributed by atoms with Crippen LogP contribution in [0.3, 0.4) is 0 Å². The number of hydrogen-bond acceptors (Lipinski definition) is 8. The van der Waals surface area contributed by atoms with Gasteiger partial charge in [-0.1, -0.05) is 46.4 Å². The van der Waals surface area contributed by atoms with Crippen LogP contribution in [0, 0.1) is 11.6 Å². The number of benzene rings is 4. The van der Waals surface area contributed by atoms with Crippen LogP contribution in [0.2, 0.25) is 20.1 Å². The van der Waals surface area contributed by atoms with Gasteiger partial charge in [-0.05, 0) is 77.4 Å². The van der Waals surface area contributed by atoms with E-state index in [0.29, 0.717) is 28.1 Å². The normalized spacial score (nSPS) is 10.7. The molecule has 0 aliphatic carbocycles. The van der Waals surface area contributed by atoms with E-state index in [9.17, 15) is 23.2 Å². The molecule has 252 valence electrons. The zero-order valence-electron chi connectivity index (χ0n) is 25.3. The molecule has 0 heterocycles. The summed E-state index contributed by atoms with van der Waals surface area (Å²) in [5, 5.41) is 8.18. The number of nitrogens with one attached hydrogen (secondary N) is 3. The van der Waals surface area contributed by atoms with E-state index in [2.05, 4.69) is 16.0 Å². The number of carbonyl (C=O) groups excluding carboxylic acids is 3. The Bertz CT molecular complexity index is 1810. The lowest BCUT2D eigenvalue weighted by atomic mass is 10.1. The fraction of sp³-hybridized carbons (Fsp3) is 0.182. The third-order valence-corrected chi connectivity index (χ3v) is 7.67. The first-order chi connectivity index (χ1) is 22.8. The van der Waals surface area contributed by atoms with Crippen molar-refractivity contribution in [3.8, 4) is 11.5 Å². The summed E-state index contributed by atoms with van der Waals surface area (Å²) in [5.74, 6) is -3.40. The van der Waals surface area contributed by atoms with Gasteiger partial charge in [0.2, 0.25) is 0 Å². The van der Waals surface area contributed by atoms with Crippen LogP contribution in [0.25, 0.3) is 0 Å². The third kappa shape index (κ3) is 10.1. The van der Waals surface area contributed by atoms with Crippen molar-refractivity contribution in [3.05, 3.63) is 115 Å². The van der Waals surface area contributed by atoms with Crippen LogP contribution in [0.5, 0.6) is 11.5 Å². The summed E-state index contributed by atoms with van der Waals surface area (Å²) in [6.45, 7) is -0.727. The maximum Gasteiger partial charge on any atom is 0.333 e. The van der Waals surface area contributed by atoms with E-state index < -0.39 is 36.0 Å². The van der Waals surface area contributed by atoms with E-state index in [0.717, 1.165) is 0 Å². The fourth-order valence-corrected chi connectivity index (χ4v) is 5.61. The van der Waals surface area contributed by atoms with Crippen molar-refractivity contribution >= 4 is 75.6 Å². The summed E-state index contributed by atoms with van der Waals surface area (Å²) in [6.07, 6.45) is -0.368. The van der Waals surface area contributed by atoms with Crippen LogP contribution < -0.4 is 25.4 Å². The molecule has 0 unspecified atom stereocenters. The monoisotopic (exact) mass is 739 g/mol. The van der Waals surface area contributed by atoms with Crippen molar-refractivity contribution in [3.63, 3.8) is 0 Å². The van der Waals surface area contributed by atoms with Gasteiger partial charge in [-0.3, -0.25) is 9.59 Å². The molecule has 0 aromatic heterocycles. The average Bonchev–Trinajstić information content (AvgIpc) is 3.02. The van der Waals surface area contributed by atoms with Crippen molar-refractivity contribution in [1.29, 1.82) is 0 Å². The Morgan fingerprint density at radius 3 is 1.54 bits per heavy atom. The van der Waals surface area contributed by atoms with Gasteiger partial charge >= 0.3 is 11.9 Å². The topological polar surface area (TPSA) is 115 Å². The molecule has 0 aliphatic rings. The maximum atomic E-state index is 13.8. The molecule has 4 aromatic carbocycles. The highest BCUT2D eigenvalue weighted by Gasteiger charge is 2.19. The maximum absolute atomic E-state index is 13.8. The molecule has 3 N–H and O–H groups in total. The predicted molar refractivity (Wildman–Crippen MR) is 181 cm³/mol. The average molecular weight is 741 g/mol. The summed E-state index contributed by atoms with van der Waals surface area (Å²) in [7, 11) is 3.31. The molecule has 4 rings (SSSR count). The minimum absolute atomic E-state index is 0.00119. The molecule has 48 heavy (non-hydrogen) atoms. The molecule has 0 spiro atoms. The highest BCUT2D eigenvalue weighted by atomic mass is 35.5. The van der Waals surface area contributed by atoms with Crippen LogP contribution in [0.1, 0.15) is 27.0 Å². The van der Waals surface area contributed by atoms with Gasteiger partial charge in [0.25, 0.3) is 5.91 Å². The highest BCUT2D eigenvalue weighted by molar-refractivity contribution is 6.38. The SMILES string of the molecule is CNc1cc(F)cc(COc2c(Cl)cc(CC(=O)OC(=O)CNC(=O)c3cc(Cl)c(OCc4cc(F)cc(NC)c4)c(Cl)c3)cc2Cl)c1. The standard InChI is InChI=1S/C33H27Cl4F2N3O6/c1-40-23-5-18(3-21(38)12-23)15-46-31-25(34)7-17(8-26(31)35)9-29(43)48-30(44)14-42-33(45)20-10-27(36)32(28(37)11-20)47-16-19-4-22(39)13-24(6-19)41-2/h3-8,10-13,40-41H,9,14-16H2,1-2H3,(H,42,45). The number of esters is 2. The number of carbonyl (C=O) groups is 3. The van der Waals surface area contributed by atoms with Gasteiger partial charge in [-0.25, -0.2) is 13.6 Å². The molecule has 0 bridgehead atoms. The van der Waals surface area contributed by atoms with Gasteiger partial charge in [-0.15, -0.1) is 0 Å².